The summed E-state index contributed by atoms with van der Waals surface area (Å²) in [6.45, 7) is 5.10. The lowest BCUT2D eigenvalue weighted by molar-refractivity contribution is -0.153. The molecule has 0 aromatic heterocycles. The van der Waals surface area contributed by atoms with Crippen LogP contribution in [0.3, 0.4) is 0 Å². The third kappa shape index (κ3) is 2.83. The number of carboxylic acid groups (broad SMARTS) is 1. The summed E-state index contributed by atoms with van der Waals surface area (Å²) >= 11 is 0. The van der Waals surface area contributed by atoms with E-state index in [1.165, 1.54) is 6.08 Å². The Balaban J connectivity index is 2.56. The summed E-state index contributed by atoms with van der Waals surface area (Å²) in [6.07, 6.45) is 3.84. The SMILES string of the molecule is CCCCNN1CCC(C)(C(=O)O)C1(C=C=O)c1ccccc1. The summed E-state index contributed by atoms with van der Waals surface area (Å²) in [5.74, 6) is 0.950. The van der Waals surface area contributed by atoms with E-state index in [4.69, 9.17) is 0 Å². The summed E-state index contributed by atoms with van der Waals surface area (Å²) in [6, 6.07) is 9.34. The molecule has 1 heterocycles. The number of nitrogens with one attached hydrogen (secondary N) is 1. The van der Waals surface area contributed by atoms with Gasteiger partial charge in [0, 0.05) is 19.2 Å². The van der Waals surface area contributed by atoms with Gasteiger partial charge in [0.2, 0.25) is 0 Å². The smallest absolute Gasteiger partial charge is 0.312 e. The molecule has 1 fully saturated rings. The molecular formula is C18H24N2O3. The monoisotopic (exact) mass is 316 g/mol. The van der Waals surface area contributed by atoms with E-state index < -0.39 is 16.9 Å². The fourth-order valence-electron chi connectivity index (χ4n) is 3.44. The van der Waals surface area contributed by atoms with Crippen molar-refractivity contribution in [2.45, 2.75) is 38.6 Å². The molecule has 1 aliphatic rings. The summed E-state index contributed by atoms with van der Waals surface area (Å²) in [5, 5.41) is 11.8. The van der Waals surface area contributed by atoms with Crippen LogP contribution in [0, 0.1) is 5.41 Å². The Labute approximate surface area is 137 Å². The zero-order valence-corrected chi connectivity index (χ0v) is 13.7. The van der Waals surface area contributed by atoms with Gasteiger partial charge in [-0.2, -0.15) is 0 Å². The molecule has 0 amide bonds. The summed E-state index contributed by atoms with van der Waals surface area (Å²) in [4.78, 5) is 23.4. The van der Waals surface area contributed by atoms with E-state index >= 15 is 0 Å². The number of unbranched alkanes of at least 4 members (excludes halogenated alkanes) is 1. The van der Waals surface area contributed by atoms with Crippen LogP contribution in [0.2, 0.25) is 0 Å². The average Bonchev–Trinajstić information content (AvgIpc) is 2.84. The van der Waals surface area contributed by atoms with Crippen LogP contribution >= 0.6 is 0 Å². The molecule has 0 saturated carbocycles. The minimum Gasteiger partial charge on any atom is -0.481 e. The topological polar surface area (TPSA) is 69.6 Å². The molecule has 1 aromatic rings. The first kappa shape index (κ1) is 17.4. The number of nitrogens with zero attached hydrogens (tertiary/aromatic N) is 1. The number of carbonyl (C=O) groups is 1. The maximum atomic E-state index is 12.1. The van der Waals surface area contributed by atoms with Gasteiger partial charge >= 0.3 is 5.97 Å². The van der Waals surface area contributed by atoms with Crippen LogP contribution in [0.1, 0.15) is 38.7 Å². The van der Waals surface area contributed by atoms with E-state index in [-0.39, 0.29) is 0 Å². The fraction of sp³-hybridized carbons (Fsp3) is 0.500. The molecule has 5 nitrogen and oxygen atoms in total. The van der Waals surface area contributed by atoms with E-state index in [1.807, 2.05) is 41.3 Å². The van der Waals surface area contributed by atoms with Crippen LogP contribution < -0.4 is 5.43 Å². The second kappa shape index (κ2) is 7.09. The fourth-order valence-corrected chi connectivity index (χ4v) is 3.44. The average molecular weight is 316 g/mol. The molecule has 0 aliphatic carbocycles. The van der Waals surface area contributed by atoms with Crippen LogP contribution in [-0.4, -0.2) is 35.1 Å². The molecule has 0 radical (unpaired) electrons. The van der Waals surface area contributed by atoms with Crippen molar-refractivity contribution in [3.63, 3.8) is 0 Å². The number of rotatable bonds is 7. The zero-order valence-electron chi connectivity index (χ0n) is 13.7. The van der Waals surface area contributed by atoms with Crippen molar-refractivity contribution in [1.29, 1.82) is 0 Å². The van der Waals surface area contributed by atoms with Gasteiger partial charge in [-0.25, -0.2) is 9.80 Å². The van der Waals surface area contributed by atoms with Crippen molar-refractivity contribution in [3.05, 3.63) is 42.0 Å². The van der Waals surface area contributed by atoms with Gasteiger partial charge in [-0.3, -0.25) is 10.2 Å². The van der Waals surface area contributed by atoms with Crippen LogP contribution in [0.5, 0.6) is 0 Å². The van der Waals surface area contributed by atoms with Crippen LogP contribution in [0.4, 0.5) is 0 Å². The Morgan fingerprint density at radius 1 is 1.43 bits per heavy atom. The van der Waals surface area contributed by atoms with E-state index in [9.17, 15) is 14.7 Å². The van der Waals surface area contributed by atoms with E-state index in [0.29, 0.717) is 13.0 Å². The maximum absolute atomic E-state index is 12.1. The molecule has 0 bridgehead atoms. The second-order valence-corrected chi connectivity index (χ2v) is 6.20. The summed E-state index contributed by atoms with van der Waals surface area (Å²) in [7, 11) is 0. The molecule has 2 N–H and O–H groups in total. The van der Waals surface area contributed by atoms with Crippen molar-refractivity contribution in [3.8, 4) is 0 Å². The molecule has 2 atom stereocenters. The number of hydrazine groups is 1. The first-order chi connectivity index (χ1) is 11.0. The highest BCUT2D eigenvalue weighted by molar-refractivity contribution is 5.79. The van der Waals surface area contributed by atoms with Gasteiger partial charge in [-0.1, -0.05) is 43.7 Å². The Hall–Kier alpha value is -1.94. The largest absolute Gasteiger partial charge is 0.481 e. The van der Waals surface area contributed by atoms with Gasteiger partial charge in [0.1, 0.15) is 11.5 Å². The standard InChI is InChI=1S/C18H24N2O3/c1-3-4-12-19-20-13-10-17(2,16(22)23)18(20,11-14-21)15-8-6-5-7-9-15/h5-9,11,19H,3-4,10,12-13H2,1-2H3,(H,22,23). The summed E-state index contributed by atoms with van der Waals surface area (Å²) < 4.78 is 0. The van der Waals surface area contributed by atoms with Crippen molar-refractivity contribution in [2.75, 3.05) is 13.1 Å². The van der Waals surface area contributed by atoms with Crippen LogP contribution in [-0.2, 0) is 15.1 Å². The van der Waals surface area contributed by atoms with Crippen LogP contribution in [0.15, 0.2) is 36.4 Å². The van der Waals surface area contributed by atoms with E-state index in [0.717, 1.165) is 24.9 Å². The molecule has 1 saturated heterocycles. The van der Waals surface area contributed by atoms with Gasteiger partial charge in [0.05, 0.1) is 5.41 Å². The first-order valence-corrected chi connectivity index (χ1v) is 8.05. The molecule has 0 spiro atoms. The highest BCUT2D eigenvalue weighted by atomic mass is 16.4. The van der Waals surface area contributed by atoms with Gasteiger partial charge in [0.15, 0.2) is 0 Å². The molecule has 1 aliphatic heterocycles. The van der Waals surface area contributed by atoms with Crippen molar-refractivity contribution in [1.82, 2.24) is 10.4 Å². The molecule has 23 heavy (non-hydrogen) atoms. The van der Waals surface area contributed by atoms with Gasteiger partial charge in [-0.05, 0) is 25.3 Å². The lowest BCUT2D eigenvalue weighted by Crippen LogP contribution is -2.56. The van der Waals surface area contributed by atoms with Crippen molar-refractivity contribution >= 4 is 11.9 Å². The van der Waals surface area contributed by atoms with Crippen LogP contribution in [0.25, 0.3) is 0 Å². The number of hydrogen-bond acceptors (Lipinski definition) is 4. The highest BCUT2D eigenvalue weighted by Crippen LogP contribution is 2.52. The predicted molar refractivity (Wildman–Crippen MR) is 88.4 cm³/mol. The Kier molecular flexibility index (Phi) is 5.37. The first-order valence-electron chi connectivity index (χ1n) is 8.05. The second-order valence-electron chi connectivity index (χ2n) is 6.20. The Morgan fingerprint density at radius 2 is 2.13 bits per heavy atom. The molecule has 2 unspecified atom stereocenters. The summed E-state index contributed by atoms with van der Waals surface area (Å²) in [5.41, 5.74) is 1.96. The Bertz CT molecular complexity index is 598. The number of aliphatic carboxylic acids is 1. The number of hydrogen-bond donors (Lipinski definition) is 2. The number of benzene rings is 1. The van der Waals surface area contributed by atoms with E-state index in [1.54, 1.807) is 6.92 Å². The Morgan fingerprint density at radius 3 is 2.70 bits per heavy atom. The van der Waals surface area contributed by atoms with E-state index in [2.05, 4.69) is 12.3 Å². The van der Waals surface area contributed by atoms with Crippen molar-refractivity contribution in [2.24, 2.45) is 5.41 Å². The molecule has 2 rings (SSSR count). The minimum absolute atomic E-state index is 0.453. The third-order valence-electron chi connectivity index (χ3n) is 4.89. The third-order valence-corrected chi connectivity index (χ3v) is 4.89. The minimum atomic E-state index is -1.11. The van der Waals surface area contributed by atoms with Crippen molar-refractivity contribution < 1.29 is 14.7 Å². The predicted octanol–water partition coefficient (Wildman–Crippen LogP) is 2.37. The highest BCUT2D eigenvalue weighted by Gasteiger charge is 2.61. The molecule has 124 valence electrons. The number of carboxylic acids is 1. The van der Waals surface area contributed by atoms with Gasteiger partial charge in [0.25, 0.3) is 0 Å². The normalized spacial score (nSPS) is 27.6. The molecule has 5 heteroatoms. The maximum Gasteiger partial charge on any atom is 0.312 e. The lowest BCUT2D eigenvalue weighted by Gasteiger charge is -2.43. The van der Waals surface area contributed by atoms with Gasteiger partial charge in [-0.15, -0.1) is 0 Å². The molecule has 1 aromatic carbocycles. The molecular weight excluding hydrogens is 292 g/mol. The zero-order chi connectivity index (χ0) is 16.9. The number of carbonyl (C=O) groups excluding carboxylic acids is 1. The van der Waals surface area contributed by atoms with Gasteiger partial charge < -0.3 is 5.11 Å². The quantitative estimate of drug-likeness (QED) is 0.597. The lowest BCUT2D eigenvalue weighted by atomic mass is 9.67.